The standard InChI is InChI=1S/C17H17ClN2O5S/c1-26(22,23)20-11-6-7-14(18)13(8-11)17(21)19-9-12-10-24-15-4-2-3-5-16(15)25-12/h2-8,12,20H,9-10H2,1H3,(H,19,21)/t12-/m0/s1. The van der Waals surface area contributed by atoms with Gasteiger partial charge >= 0.3 is 0 Å². The van der Waals surface area contributed by atoms with Gasteiger partial charge < -0.3 is 14.8 Å². The summed E-state index contributed by atoms with van der Waals surface area (Å²) in [5.74, 6) is 0.850. The van der Waals surface area contributed by atoms with Crippen LogP contribution in [0.1, 0.15) is 10.4 Å². The monoisotopic (exact) mass is 396 g/mol. The molecule has 3 rings (SSSR count). The molecule has 0 saturated heterocycles. The van der Waals surface area contributed by atoms with Crippen LogP contribution in [0.15, 0.2) is 42.5 Å². The molecular formula is C17H17ClN2O5S. The van der Waals surface area contributed by atoms with E-state index in [0.717, 1.165) is 6.26 Å². The van der Waals surface area contributed by atoms with E-state index < -0.39 is 15.9 Å². The van der Waals surface area contributed by atoms with Crippen molar-refractivity contribution in [3.05, 3.63) is 53.1 Å². The quantitative estimate of drug-likeness (QED) is 0.808. The second-order valence-electron chi connectivity index (χ2n) is 5.78. The molecule has 26 heavy (non-hydrogen) atoms. The minimum Gasteiger partial charge on any atom is -0.486 e. The summed E-state index contributed by atoms with van der Waals surface area (Å²) < 4.78 is 36.3. The van der Waals surface area contributed by atoms with E-state index in [1.165, 1.54) is 18.2 Å². The van der Waals surface area contributed by atoms with Crippen LogP contribution in [0.5, 0.6) is 11.5 Å². The van der Waals surface area contributed by atoms with E-state index in [2.05, 4.69) is 10.0 Å². The number of hydrogen-bond acceptors (Lipinski definition) is 5. The van der Waals surface area contributed by atoms with Crippen LogP contribution in [0.25, 0.3) is 0 Å². The molecule has 2 N–H and O–H groups in total. The number of amides is 1. The molecule has 9 heteroatoms. The third kappa shape index (κ3) is 4.59. The average molecular weight is 397 g/mol. The first-order valence-electron chi connectivity index (χ1n) is 7.76. The number of fused-ring (bicyclic) bond motifs is 1. The van der Waals surface area contributed by atoms with E-state index in [0.29, 0.717) is 18.1 Å². The number of benzene rings is 2. The van der Waals surface area contributed by atoms with Gasteiger partial charge in [-0.3, -0.25) is 9.52 Å². The summed E-state index contributed by atoms with van der Waals surface area (Å²) in [6.07, 6.45) is 0.685. The summed E-state index contributed by atoms with van der Waals surface area (Å²) >= 11 is 6.06. The molecule has 1 atom stereocenters. The molecule has 0 saturated carbocycles. The molecule has 0 bridgehead atoms. The maximum Gasteiger partial charge on any atom is 0.253 e. The van der Waals surface area contributed by atoms with Crippen LogP contribution in [-0.2, 0) is 10.0 Å². The molecule has 2 aromatic carbocycles. The fourth-order valence-electron chi connectivity index (χ4n) is 2.44. The number of para-hydroxylation sites is 2. The predicted octanol–water partition coefficient (Wildman–Crippen LogP) is 2.28. The summed E-state index contributed by atoms with van der Waals surface area (Å²) in [6.45, 7) is 0.522. The summed E-state index contributed by atoms with van der Waals surface area (Å²) in [7, 11) is -3.45. The lowest BCUT2D eigenvalue weighted by atomic mass is 10.2. The van der Waals surface area contributed by atoms with Crippen molar-refractivity contribution in [3.63, 3.8) is 0 Å². The third-order valence-electron chi connectivity index (χ3n) is 3.57. The average Bonchev–Trinajstić information content (AvgIpc) is 2.60. The van der Waals surface area contributed by atoms with Crippen molar-refractivity contribution in [2.45, 2.75) is 6.10 Å². The van der Waals surface area contributed by atoms with Gasteiger partial charge in [0.05, 0.1) is 23.4 Å². The zero-order chi connectivity index (χ0) is 18.7. The van der Waals surface area contributed by atoms with Gasteiger partial charge in [0.15, 0.2) is 11.5 Å². The summed E-state index contributed by atoms with van der Waals surface area (Å²) in [5, 5.41) is 2.94. The Hall–Kier alpha value is -2.45. The topological polar surface area (TPSA) is 93.7 Å². The Morgan fingerprint density at radius 1 is 1.23 bits per heavy atom. The van der Waals surface area contributed by atoms with Crippen molar-refractivity contribution >= 4 is 33.2 Å². The highest BCUT2D eigenvalue weighted by molar-refractivity contribution is 7.92. The summed E-state index contributed by atoms with van der Waals surface area (Å²) in [5.41, 5.74) is 0.422. The number of carbonyl (C=O) groups is 1. The number of halogens is 1. The molecule has 2 aromatic rings. The van der Waals surface area contributed by atoms with Gasteiger partial charge in [-0.25, -0.2) is 8.42 Å². The molecule has 138 valence electrons. The van der Waals surface area contributed by atoms with Crippen LogP contribution in [-0.4, -0.2) is 39.8 Å². The molecule has 0 spiro atoms. The zero-order valence-corrected chi connectivity index (χ0v) is 15.4. The highest BCUT2D eigenvalue weighted by Gasteiger charge is 2.22. The SMILES string of the molecule is CS(=O)(=O)Nc1ccc(Cl)c(C(=O)NC[C@H]2COc3ccccc3O2)c1. The molecule has 0 aliphatic carbocycles. The van der Waals surface area contributed by atoms with E-state index in [4.69, 9.17) is 21.1 Å². The highest BCUT2D eigenvalue weighted by Crippen LogP contribution is 2.30. The van der Waals surface area contributed by atoms with Crippen molar-refractivity contribution < 1.29 is 22.7 Å². The number of ether oxygens (including phenoxy) is 2. The lowest BCUT2D eigenvalue weighted by Crippen LogP contribution is -2.40. The van der Waals surface area contributed by atoms with Gasteiger partial charge in [0.1, 0.15) is 12.7 Å². The number of carbonyl (C=O) groups excluding carboxylic acids is 1. The Bertz CT molecular complexity index is 933. The van der Waals surface area contributed by atoms with Crippen LogP contribution in [0.4, 0.5) is 5.69 Å². The fraction of sp³-hybridized carbons (Fsp3) is 0.235. The maximum absolute atomic E-state index is 12.4. The smallest absolute Gasteiger partial charge is 0.253 e. The molecule has 0 unspecified atom stereocenters. The largest absolute Gasteiger partial charge is 0.486 e. The Labute approximate surface area is 156 Å². The molecule has 1 heterocycles. The first-order valence-corrected chi connectivity index (χ1v) is 10.0. The van der Waals surface area contributed by atoms with E-state index in [9.17, 15) is 13.2 Å². The third-order valence-corrected chi connectivity index (χ3v) is 4.51. The minimum atomic E-state index is -3.45. The van der Waals surface area contributed by atoms with Crippen LogP contribution in [0.3, 0.4) is 0 Å². The minimum absolute atomic E-state index is 0.164. The van der Waals surface area contributed by atoms with Gasteiger partial charge in [-0.05, 0) is 30.3 Å². The maximum atomic E-state index is 12.4. The number of sulfonamides is 1. The first kappa shape index (κ1) is 18.3. The van der Waals surface area contributed by atoms with Crippen molar-refractivity contribution in [3.8, 4) is 11.5 Å². The molecule has 0 radical (unpaired) electrons. The second-order valence-corrected chi connectivity index (χ2v) is 7.93. The predicted molar refractivity (Wildman–Crippen MR) is 98.6 cm³/mol. The van der Waals surface area contributed by atoms with Gasteiger partial charge in [-0.15, -0.1) is 0 Å². The fourth-order valence-corrected chi connectivity index (χ4v) is 3.20. The second kappa shape index (κ2) is 7.43. The molecule has 0 fully saturated rings. The van der Waals surface area contributed by atoms with Gasteiger partial charge in [-0.1, -0.05) is 23.7 Å². The van der Waals surface area contributed by atoms with E-state index in [-0.39, 0.29) is 28.9 Å². The first-order chi connectivity index (χ1) is 12.3. The number of nitrogens with one attached hydrogen (secondary N) is 2. The van der Waals surface area contributed by atoms with Crippen molar-refractivity contribution in [1.29, 1.82) is 0 Å². The van der Waals surface area contributed by atoms with Crippen molar-refractivity contribution in [1.82, 2.24) is 5.32 Å². The molecule has 1 aliphatic heterocycles. The number of anilines is 1. The molecular weight excluding hydrogens is 380 g/mol. The molecule has 0 aromatic heterocycles. The van der Waals surface area contributed by atoms with Gasteiger partial charge in [0.2, 0.25) is 10.0 Å². The van der Waals surface area contributed by atoms with Gasteiger partial charge in [0.25, 0.3) is 5.91 Å². The molecule has 1 aliphatic rings. The molecule has 7 nitrogen and oxygen atoms in total. The van der Waals surface area contributed by atoms with E-state index >= 15 is 0 Å². The van der Waals surface area contributed by atoms with E-state index in [1.54, 1.807) is 6.07 Å². The summed E-state index contributed by atoms with van der Waals surface area (Å²) in [6, 6.07) is 11.6. The number of hydrogen-bond donors (Lipinski definition) is 2. The Kier molecular flexibility index (Phi) is 5.24. The van der Waals surface area contributed by atoms with Gasteiger partial charge in [-0.2, -0.15) is 0 Å². The van der Waals surface area contributed by atoms with Crippen LogP contribution < -0.4 is 19.5 Å². The van der Waals surface area contributed by atoms with Crippen LogP contribution >= 0.6 is 11.6 Å². The van der Waals surface area contributed by atoms with Gasteiger partial charge in [0, 0.05) is 5.69 Å². The zero-order valence-electron chi connectivity index (χ0n) is 13.9. The summed E-state index contributed by atoms with van der Waals surface area (Å²) in [4.78, 5) is 12.4. The number of rotatable bonds is 5. The Morgan fingerprint density at radius 2 is 1.96 bits per heavy atom. The highest BCUT2D eigenvalue weighted by atomic mass is 35.5. The lowest BCUT2D eigenvalue weighted by molar-refractivity contribution is 0.0789. The molecule has 1 amide bonds. The lowest BCUT2D eigenvalue weighted by Gasteiger charge is -2.26. The van der Waals surface area contributed by atoms with Crippen molar-refractivity contribution in [2.75, 3.05) is 24.1 Å². The van der Waals surface area contributed by atoms with Crippen LogP contribution in [0, 0.1) is 0 Å². The Morgan fingerprint density at radius 3 is 2.69 bits per heavy atom. The van der Waals surface area contributed by atoms with Crippen molar-refractivity contribution in [2.24, 2.45) is 0 Å². The van der Waals surface area contributed by atoms with Crippen LogP contribution in [0.2, 0.25) is 5.02 Å². The Balaban J connectivity index is 1.64. The van der Waals surface area contributed by atoms with E-state index in [1.807, 2.05) is 18.2 Å². The normalized spacial score (nSPS) is 16.0.